The van der Waals surface area contributed by atoms with E-state index in [1.807, 2.05) is 31.2 Å². The van der Waals surface area contributed by atoms with E-state index in [2.05, 4.69) is 5.32 Å². The summed E-state index contributed by atoms with van der Waals surface area (Å²) < 4.78 is 5.55. The van der Waals surface area contributed by atoms with Crippen LogP contribution in [-0.4, -0.2) is 37.6 Å². The molecule has 1 heterocycles. The second-order valence-corrected chi connectivity index (χ2v) is 6.43. The fourth-order valence-electron chi connectivity index (χ4n) is 2.73. The van der Waals surface area contributed by atoms with Crippen LogP contribution in [0.15, 0.2) is 48.5 Å². The van der Waals surface area contributed by atoms with Crippen molar-refractivity contribution in [1.29, 1.82) is 0 Å². The van der Waals surface area contributed by atoms with E-state index in [9.17, 15) is 9.59 Å². The summed E-state index contributed by atoms with van der Waals surface area (Å²) in [4.78, 5) is 26.0. The highest BCUT2D eigenvalue weighted by molar-refractivity contribution is 6.30. The molecule has 2 amide bonds. The van der Waals surface area contributed by atoms with Crippen LogP contribution in [0, 0.1) is 6.92 Å². The maximum absolute atomic E-state index is 12.2. The largest absolute Gasteiger partial charge is 0.365 e. The third kappa shape index (κ3) is 4.38. The third-order valence-electron chi connectivity index (χ3n) is 4.02. The molecule has 0 bridgehead atoms. The topological polar surface area (TPSA) is 58.6 Å². The van der Waals surface area contributed by atoms with Gasteiger partial charge in [-0.15, -0.1) is 0 Å². The number of carbonyl (C=O) groups is 2. The number of nitrogens with one attached hydrogen (secondary N) is 1. The molecule has 1 atom stereocenters. The van der Waals surface area contributed by atoms with Crippen LogP contribution in [0.1, 0.15) is 15.9 Å². The normalized spacial score (nSPS) is 17.4. The molecule has 1 fully saturated rings. The highest BCUT2D eigenvalue weighted by Crippen LogP contribution is 2.19. The summed E-state index contributed by atoms with van der Waals surface area (Å²) in [7, 11) is 0. The number of morpholine rings is 1. The standard InChI is InChI=1S/C19H19ClN2O3/c1-13-4-2-7-16(8-13)22-11-17(25-12-18(22)23)10-21-19(24)14-5-3-6-15(20)9-14/h2-9,17H,10-12H2,1H3,(H,21,24). The molecule has 2 aromatic carbocycles. The van der Waals surface area contributed by atoms with Gasteiger partial charge < -0.3 is 15.0 Å². The van der Waals surface area contributed by atoms with Crippen molar-refractivity contribution >= 4 is 29.1 Å². The number of aryl methyl sites for hydroxylation is 1. The summed E-state index contributed by atoms with van der Waals surface area (Å²) in [5.74, 6) is -0.298. The molecule has 1 aliphatic rings. The summed E-state index contributed by atoms with van der Waals surface area (Å²) in [6.07, 6.45) is -0.263. The van der Waals surface area contributed by atoms with Gasteiger partial charge in [-0.1, -0.05) is 29.8 Å². The van der Waals surface area contributed by atoms with E-state index >= 15 is 0 Å². The fraction of sp³-hybridized carbons (Fsp3) is 0.263. The highest BCUT2D eigenvalue weighted by Gasteiger charge is 2.27. The second-order valence-electron chi connectivity index (χ2n) is 6.00. The van der Waals surface area contributed by atoms with Gasteiger partial charge in [0.2, 0.25) is 0 Å². The zero-order valence-corrected chi connectivity index (χ0v) is 14.6. The van der Waals surface area contributed by atoms with Crippen LogP contribution in [-0.2, 0) is 9.53 Å². The van der Waals surface area contributed by atoms with Gasteiger partial charge >= 0.3 is 0 Å². The molecular formula is C19H19ClN2O3. The number of hydrogen-bond acceptors (Lipinski definition) is 3. The average Bonchev–Trinajstić information content (AvgIpc) is 2.60. The Labute approximate surface area is 151 Å². The molecular weight excluding hydrogens is 340 g/mol. The van der Waals surface area contributed by atoms with Gasteiger partial charge in [-0.25, -0.2) is 0 Å². The molecule has 6 heteroatoms. The van der Waals surface area contributed by atoms with Crippen LogP contribution in [0.4, 0.5) is 5.69 Å². The molecule has 5 nitrogen and oxygen atoms in total. The van der Waals surface area contributed by atoms with Crippen LogP contribution >= 0.6 is 11.6 Å². The predicted molar refractivity (Wildman–Crippen MR) is 97.1 cm³/mol. The average molecular weight is 359 g/mol. The molecule has 130 valence electrons. The summed E-state index contributed by atoms with van der Waals surface area (Å²) >= 11 is 5.90. The molecule has 1 saturated heterocycles. The van der Waals surface area contributed by atoms with Crippen LogP contribution < -0.4 is 10.2 Å². The van der Waals surface area contributed by atoms with Crippen LogP contribution in [0.25, 0.3) is 0 Å². The Kier molecular flexibility index (Phi) is 5.36. The molecule has 25 heavy (non-hydrogen) atoms. The lowest BCUT2D eigenvalue weighted by Crippen LogP contribution is -2.50. The van der Waals surface area contributed by atoms with Crippen molar-refractivity contribution in [1.82, 2.24) is 5.32 Å². The molecule has 0 aromatic heterocycles. The van der Waals surface area contributed by atoms with E-state index in [1.165, 1.54) is 0 Å². The van der Waals surface area contributed by atoms with Crippen LogP contribution in [0.3, 0.4) is 0 Å². The van der Waals surface area contributed by atoms with E-state index in [0.29, 0.717) is 23.7 Å². The number of benzene rings is 2. The van der Waals surface area contributed by atoms with E-state index in [1.54, 1.807) is 29.2 Å². The van der Waals surface area contributed by atoms with Crippen molar-refractivity contribution in [3.05, 3.63) is 64.7 Å². The maximum Gasteiger partial charge on any atom is 0.253 e. The smallest absolute Gasteiger partial charge is 0.253 e. The van der Waals surface area contributed by atoms with Gasteiger partial charge in [0.05, 0.1) is 12.6 Å². The zero-order valence-electron chi connectivity index (χ0n) is 13.9. The van der Waals surface area contributed by atoms with Gasteiger partial charge in [-0.05, 0) is 42.8 Å². The number of ether oxygens (including phenoxy) is 1. The number of amides is 2. The molecule has 1 aliphatic heterocycles. The molecule has 0 aliphatic carbocycles. The van der Waals surface area contributed by atoms with Crippen molar-refractivity contribution in [2.45, 2.75) is 13.0 Å². The molecule has 0 spiro atoms. The van der Waals surface area contributed by atoms with E-state index in [0.717, 1.165) is 11.3 Å². The van der Waals surface area contributed by atoms with Gasteiger partial charge in [0.25, 0.3) is 11.8 Å². The number of anilines is 1. The minimum absolute atomic E-state index is 0.00560. The molecule has 1 N–H and O–H groups in total. The minimum Gasteiger partial charge on any atom is -0.365 e. The zero-order chi connectivity index (χ0) is 17.8. The summed E-state index contributed by atoms with van der Waals surface area (Å²) in [6, 6.07) is 14.5. The lowest BCUT2D eigenvalue weighted by atomic mass is 10.1. The number of halogens is 1. The summed E-state index contributed by atoms with van der Waals surface area (Å²) in [5, 5.41) is 3.35. The Morgan fingerprint density at radius 1 is 1.28 bits per heavy atom. The van der Waals surface area contributed by atoms with E-state index in [-0.39, 0.29) is 24.5 Å². The van der Waals surface area contributed by atoms with Crippen molar-refractivity contribution in [3.8, 4) is 0 Å². The van der Waals surface area contributed by atoms with Gasteiger partial charge in [0, 0.05) is 22.8 Å². The summed E-state index contributed by atoms with van der Waals surface area (Å²) in [5.41, 5.74) is 2.43. The Balaban J connectivity index is 1.62. The molecule has 0 radical (unpaired) electrons. The quantitative estimate of drug-likeness (QED) is 0.914. The first kappa shape index (κ1) is 17.5. The Morgan fingerprint density at radius 2 is 2.08 bits per heavy atom. The van der Waals surface area contributed by atoms with E-state index < -0.39 is 0 Å². The van der Waals surface area contributed by atoms with Gasteiger partial charge in [-0.2, -0.15) is 0 Å². The second kappa shape index (κ2) is 7.68. The third-order valence-corrected chi connectivity index (χ3v) is 4.26. The van der Waals surface area contributed by atoms with Gasteiger partial charge in [0.1, 0.15) is 6.61 Å². The first-order valence-corrected chi connectivity index (χ1v) is 8.43. The number of hydrogen-bond donors (Lipinski definition) is 1. The van der Waals surface area contributed by atoms with Crippen molar-refractivity contribution in [2.24, 2.45) is 0 Å². The summed E-state index contributed by atoms with van der Waals surface area (Å²) in [6.45, 7) is 2.71. The van der Waals surface area contributed by atoms with Crippen LogP contribution in [0.2, 0.25) is 5.02 Å². The van der Waals surface area contributed by atoms with Gasteiger partial charge in [0.15, 0.2) is 0 Å². The minimum atomic E-state index is -0.263. The monoisotopic (exact) mass is 358 g/mol. The number of rotatable bonds is 4. The molecule has 2 aromatic rings. The highest BCUT2D eigenvalue weighted by atomic mass is 35.5. The van der Waals surface area contributed by atoms with Crippen molar-refractivity contribution in [3.63, 3.8) is 0 Å². The fourth-order valence-corrected chi connectivity index (χ4v) is 2.92. The SMILES string of the molecule is Cc1cccc(N2CC(CNC(=O)c3cccc(Cl)c3)OCC2=O)c1. The Morgan fingerprint density at radius 3 is 2.84 bits per heavy atom. The van der Waals surface area contributed by atoms with Crippen molar-refractivity contribution < 1.29 is 14.3 Å². The first-order valence-electron chi connectivity index (χ1n) is 8.05. The lowest BCUT2D eigenvalue weighted by molar-refractivity contribution is -0.129. The van der Waals surface area contributed by atoms with Gasteiger partial charge in [-0.3, -0.25) is 9.59 Å². The van der Waals surface area contributed by atoms with Crippen LogP contribution in [0.5, 0.6) is 0 Å². The molecule has 3 rings (SSSR count). The predicted octanol–water partition coefficient (Wildman–Crippen LogP) is 2.81. The Bertz CT molecular complexity index is 794. The number of carbonyl (C=O) groups excluding carboxylic acids is 2. The Hall–Kier alpha value is -2.37. The van der Waals surface area contributed by atoms with Crippen molar-refractivity contribution in [2.75, 3.05) is 24.6 Å². The maximum atomic E-state index is 12.2. The number of nitrogens with zero attached hydrogens (tertiary/aromatic N) is 1. The lowest BCUT2D eigenvalue weighted by Gasteiger charge is -2.33. The first-order chi connectivity index (χ1) is 12.0. The molecule has 1 unspecified atom stereocenters. The van der Waals surface area contributed by atoms with E-state index in [4.69, 9.17) is 16.3 Å². The molecule has 0 saturated carbocycles.